The zero-order valence-corrected chi connectivity index (χ0v) is 8.61. The fourth-order valence-electron chi connectivity index (χ4n) is 1.05. The first-order valence-corrected chi connectivity index (χ1v) is 4.56. The van der Waals surface area contributed by atoms with E-state index in [-0.39, 0.29) is 5.92 Å². The lowest BCUT2D eigenvalue weighted by Crippen LogP contribution is -1.94. The molecule has 0 amide bonds. The Labute approximate surface area is 84.3 Å². The van der Waals surface area contributed by atoms with Gasteiger partial charge in [0.25, 0.3) is 0 Å². The van der Waals surface area contributed by atoms with Crippen LogP contribution in [0, 0.1) is 4.91 Å². The summed E-state index contributed by atoms with van der Waals surface area (Å²) in [5, 5.41) is 2.86. The van der Waals surface area contributed by atoms with Gasteiger partial charge in [-0.05, 0) is 22.9 Å². The average Bonchev–Trinajstić information content (AvgIpc) is 2.16. The van der Waals surface area contributed by atoms with Gasteiger partial charge in [-0.3, -0.25) is 0 Å². The van der Waals surface area contributed by atoms with Gasteiger partial charge in [0.15, 0.2) is 0 Å². The number of hydrogen-bond acceptors (Lipinski definition) is 3. The first-order valence-electron chi connectivity index (χ1n) is 3.77. The Morgan fingerprint density at radius 3 is 2.77 bits per heavy atom. The number of nitrogens with zero attached hydrogens (tertiary/aromatic N) is 1. The highest BCUT2D eigenvalue weighted by atomic mass is 79.9. The summed E-state index contributed by atoms with van der Waals surface area (Å²) in [6.07, 6.45) is 0.790. The average molecular weight is 242 g/mol. The summed E-state index contributed by atoms with van der Waals surface area (Å²) in [6.45, 7) is 1.73. The number of benzene rings is 1. The minimum Gasteiger partial charge on any atom is -0.303 e. The molecule has 0 saturated heterocycles. The van der Waals surface area contributed by atoms with E-state index in [1.807, 2.05) is 0 Å². The van der Waals surface area contributed by atoms with Gasteiger partial charge in [-0.15, -0.1) is 4.91 Å². The molecule has 0 aliphatic rings. The standard InChI is InChI=1S/C9H8BrNO2/c1-6(5-12)8-3-2-7(10)4-9(8)11-13/h2-6H,1H3. The molecule has 0 heterocycles. The van der Waals surface area contributed by atoms with Crippen LogP contribution in [-0.2, 0) is 4.79 Å². The molecule has 0 saturated carbocycles. The van der Waals surface area contributed by atoms with E-state index in [0.29, 0.717) is 11.3 Å². The molecule has 3 nitrogen and oxygen atoms in total. The highest BCUT2D eigenvalue weighted by molar-refractivity contribution is 9.10. The number of halogens is 1. The normalized spacial score (nSPS) is 12.2. The molecule has 1 aromatic rings. The maximum atomic E-state index is 10.5. The number of carbonyl (C=O) groups excluding carboxylic acids is 1. The molecule has 0 aliphatic heterocycles. The minimum atomic E-state index is -0.291. The summed E-state index contributed by atoms with van der Waals surface area (Å²) in [4.78, 5) is 20.9. The van der Waals surface area contributed by atoms with Crippen LogP contribution < -0.4 is 0 Å². The van der Waals surface area contributed by atoms with Crippen molar-refractivity contribution in [3.05, 3.63) is 33.1 Å². The van der Waals surface area contributed by atoms with Crippen LogP contribution in [0.15, 0.2) is 27.8 Å². The molecule has 0 radical (unpaired) electrons. The van der Waals surface area contributed by atoms with Crippen LogP contribution in [0.2, 0.25) is 0 Å². The van der Waals surface area contributed by atoms with Crippen molar-refractivity contribution in [2.45, 2.75) is 12.8 Å². The maximum Gasteiger partial charge on any atom is 0.127 e. The Morgan fingerprint density at radius 1 is 1.54 bits per heavy atom. The molecule has 0 aromatic heterocycles. The van der Waals surface area contributed by atoms with Crippen molar-refractivity contribution in [2.75, 3.05) is 0 Å². The summed E-state index contributed by atoms with van der Waals surface area (Å²) in [7, 11) is 0. The number of rotatable bonds is 3. The molecule has 1 unspecified atom stereocenters. The lowest BCUT2D eigenvalue weighted by molar-refractivity contribution is -0.108. The summed E-state index contributed by atoms with van der Waals surface area (Å²) < 4.78 is 0.781. The lowest BCUT2D eigenvalue weighted by Gasteiger charge is -2.05. The molecule has 4 heteroatoms. The van der Waals surface area contributed by atoms with E-state index in [2.05, 4.69) is 21.1 Å². The Balaban J connectivity index is 3.20. The van der Waals surface area contributed by atoms with Crippen molar-refractivity contribution in [1.82, 2.24) is 0 Å². The monoisotopic (exact) mass is 241 g/mol. The smallest absolute Gasteiger partial charge is 0.127 e. The Hall–Kier alpha value is -1.03. The maximum absolute atomic E-state index is 10.5. The Kier molecular flexibility index (Phi) is 3.31. The molecule has 68 valence electrons. The van der Waals surface area contributed by atoms with Crippen LogP contribution in [0.1, 0.15) is 18.4 Å². The van der Waals surface area contributed by atoms with E-state index < -0.39 is 0 Å². The van der Waals surface area contributed by atoms with E-state index in [1.165, 1.54) is 0 Å². The molecule has 1 atom stereocenters. The molecule has 0 aliphatic carbocycles. The third-order valence-corrected chi connectivity index (χ3v) is 2.28. The molecular formula is C9H8BrNO2. The fourth-order valence-corrected chi connectivity index (χ4v) is 1.40. The second kappa shape index (κ2) is 4.28. The molecule has 0 fully saturated rings. The van der Waals surface area contributed by atoms with Gasteiger partial charge in [-0.1, -0.05) is 28.9 Å². The van der Waals surface area contributed by atoms with Gasteiger partial charge in [-0.2, -0.15) is 0 Å². The SMILES string of the molecule is CC(C=O)c1ccc(Br)cc1N=O. The lowest BCUT2D eigenvalue weighted by atomic mass is 10.0. The molecule has 0 bridgehead atoms. The van der Waals surface area contributed by atoms with Crippen LogP contribution in [-0.4, -0.2) is 6.29 Å². The van der Waals surface area contributed by atoms with Gasteiger partial charge in [0.1, 0.15) is 12.0 Å². The number of hydrogen-bond donors (Lipinski definition) is 0. The largest absolute Gasteiger partial charge is 0.303 e. The van der Waals surface area contributed by atoms with Gasteiger partial charge in [-0.25, -0.2) is 0 Å². The van der Waals surface area contributed by atoms with Crippen molar-refractivity contribution in [2.24, 2.45) is 5.18 Å². The van der Waals surface area contributed by atoms with Crippen molar-refractivity contribution >= 4 is 27.9 Å². The molecule has 1 aromatic carbocycles. The second-order valence-corrected chi connectivity index (χ2v) is 3.63. The molecular weight excluding hydrogens is 234 g/mol. The van der Waals surface area contributed by atoms with Crippen LogP contribution >= 0.6 is 15.9 Å². The predicted molar refractivity (Wildman–Crippen MR) is 54.1 cm³/mol. The van der Waals surface area contributed by atoms with E-state index in [4.69, 9.17) is 0 Å². The zero-order chi connectivity index (χ0) is 9.84. The van der Waals surface area contributed by atoms with E-state index in [1.54, 1.807) is 25.1 Å². The number of carbonyl (C=O) groups is 1. The zero-order valence-electron chi connectivity index (χ0n) is 7.03. The van der Waals surface area contributed by atoms with Crippen LogP contribution in [0.5, 0.6) is 0 Å². The minimum absolute atomic E-state index is 0.291. The first-order chi connectivity index (χ1) is 6.19. The van der Waals surface area contributed by atoms with Crippen LogP contribution in [0.25, 0.3) is 0 Å². The van der Waals surface area contributed by atoms with E-state index in [9.17, 15) is 9.70 Å². The summed E-state index contributed by atoms with van der Waals surface area (Å²) in [5.74, 6) is -0.291. The molecule has 0 N–H and O–H groups in total. The summed E-state index contributed by atoms with van der Waals surface area (Å²) >= 11 is 3.22. The second-order valence-electron chi connectivity index (χ2n) is 2.72. The molecule has 1 rings (SSSR count). The van der Waals surface area contributed by atoms with Crippen molar-refractivity contribution in [3.8, 4) is 0 Å². The van der Waals surface area contributed by atoms with E-state index in [0.717, 1.165) is 10.8 Å². The Bertz CT molecular complexity index is 338. The Morgan fingerprint density at radius 2 is 2.23 bits per heavy atom. The number of nitroso groups, excluding NO2 is 1. The molecule has 13 heavy (non-hydrogen) atoms. The van der Waals surface area contributed by atoms with Gasteiger partial charge in [0, 0.05) is 10.4 Å². The third-order valence-electron chi connectivity index (χ3n) is 1.79. The van der Waals surface area contributed by atoms with Crippen LogP contribution in [0.3, 0.4) is 0 Å². The van der Waals surface area contributed by atoms with Crippen molar-refractivity contribution < 1.29 is 4.79 Å². The van der Waals surface area contributed by atoms with E-state index >= 15 is 0 Å². The van der Waals surface area contributed by atoms with Gasteiger partial charge in [0.05, 0.1) is 0 Å². The quantitative estimate of drug-likeness (QED) is 0.603. The van der Waals surface area contributed by atoms with Gasteiger partial charge in [0.2, 0.25) is 0 Å². The molecule has 0 spiro atoms. The van der Waals surface area contributed by atoms with Gasteiger partial charge >= 0.3 is 0 Å². The summed E-state index contributed by atoms with van der Waals surface area (Å²) in [6, 6.07) is 5.10. The van der Waals surface area contributed by atoms with Crippen LogP contribution in [0.4, 0.5) is 5.69 Å². The highest BCUT2D eigenvalue weighted by Gasteiger charge is 2.10. The topological polar surface area (TPSA) is 46.5 Å². The van der Waals surface area contributed by atoms with Crippen molar-refractivity contribution in [3.63, 3.8) is 0 Å². The summed E-state index contributed by atoms with van der Waals surface area (Å²) in [5.41, 5.74) is 0.974. The predicted octanol–water partition coefficient (Wildman–Crippen LogP) is 3.15. The first kappa shape index (κ1) is 10.1. The van der Waals surface area contributed by atoms with Gasteiger partial charge < -0.3 is 4.79 Å². The third kappa shape index (κ3) is 2.21. The fraction of sp³-hybridized carbons (Fsp3) is 0.222. The number of aldehydes is 1. The van der Waals surface area contributed by atoms with Crippen molar-refractivity contribution in [1.29, 1.82) is 0 Å². The highest BCUT2D eigenvalue weighted by Crippen LogP contribution is 2.28.